The number of thiophene rings is 1. The third-order valence-corrected chi connectivity index (χ3v) is 7.75. The second-order valence-electron chi connectivity index (χ2n) is 8.74. The highest BCUT2D eigenvalue weighted by Crippen LogP contribution is 2.38. The van der Waals surface area contributed by atoms with Crippen molar-refractivity contribution in [1.29, 1.82) is 0 Å². The van der Waals surface area contributed by atoms with E-state index in [-0.39, 0.29) is 24.4 Å². The van der Waals surface area contributed by atoms with Crippen molar-refractivity contribution in [2.24, 2.45) is 0 Å². The van der Waals surface area contributed by atoms with E-state index in [4.69, 9.17) is 21.1 Å². The van der Waals surface area contributed by atoms with Gasteiger partial charge in [-0.05, 0) is 59.7 Å². The molecule has 4 rings (SSSR count). The standard InChI is InChI=1S/C28H31ClN2O4S/c1-4-5-14-30(28(33)22-11-10-21(34-2)17-24(22)35-3)18-26(32)31-15-12-25-23(13-16-36-25)27(31)19-6-8-20(29)9-7-19/h6-11,13,16-17,27H,4-5,12,14-15,18H2,1-3H3. The van der Waals surface area contributed by atoms with Crippen molar-refractivity contribution < 1.29 is 19.1 Å². The van der Waals surface area contributed by atoms with Crippen molar-refractivity contribution in [3.63, 3.8) is 0 Å². The Balaban J connectivity index is 1.62. The van der Waals surface area contributed by atoms with Gasteiger partial charge in [-0.2, -0.15) is 0 Å². The summed E-state index contributed by atoms with van der Waals surface area (Å²) in [6.07, 6.45) is 2.51. The normalized spacial score (nSPS) is 14.8. The van der Waals surface area contributed by atoms with Crippen LogP contribution < -0.4 is 9.47 Å². The summed E-state index contributed by atoms with van der Waals surface area (Å²) in [5.41, 5.74) is 2.57. The van der Waals surface area contributed by atoms with E-state index < -0.39 is 0 Å². The first-order chi connectivity index (χ1) is 17.5. The monoisotopic (exact) mass is 526 g/mol. The van der Waals surface area contributed by atoms with Crippen LogP contribution in [0, 0.1) is 0 Å². The molecular formula is C28H31ClN2O4S. The summed E-state index contributed by atoms with van der Waals surface area (Å²) < 4.78 is 10.7. The first-order valence-electron chi connectivity index (χ1n) is 12.1. The van der Waals surface area contributed by atoms with Crippen LogP contribution in [0.4, 0.5) is 0 Å². The highest BCUT2D eigenvalue weighted by atomic mass is 35.5. The molecule has 1 aliphatic heterocycles. The third-order valence-electron chi connectivity index (χ3n) is 6.51. The van der Waals surface area contributed by atoms with Crippen LogP contribution in [0.1, 0.15) is 52.2 Å². The molecule has 1 aromatic heterocycles. The van der Waals surface area contributed by atoms with Gasteiger partial charge in [-0.25, -0.2) is 0 Å². The Bertz CT molecular complexity index is 1210. The van der Waals surface area contributed by atoms with Gasteiger partial charge in [-0.3, -0.25) is 9.59 Å². The fourth-order valence-electron chi connectivity index (χ4n) is 4.59. The van der Waals surface area contributed by atoms with Crippen LogP contribution in [0.2, 0.25) is 5.02 Å². The summed E-state index contributed by atoms with van der Waals surface area (Å²) in [6.45, 7) is 3.15. The zero-order chi connectivity index (χ0) is 25.7. The number of rotatable bonds is 9. The maximum atomic E-state index is 13.8. The Morgan fingerprint density at radius 2 is 1.89 bits per heavy atom. The van der Waals surface area contributed by atoms with Crippen molar-refractivity contribution >= 4 is 34.8 Å². The summed E-state index contributed by atoms with van der Waals surface area (Å²) in [7, 11) is 3.09. The Morgan fingerprint density at radius 1 is 1.11 bits per heavy atom. The zero-order valence-corrected chi connectivity index (χ0v) is 22.4. The lowest BCUT2D eigenvalue weighted by Gasteiger charge is -2.37. The van der Waals surface area contributed by atoms with Gasteiger partial charge < -0.3 is 19.3 Å². The van der Waals surface area contributed by atoms with Gasteiger partial charge in [0.25, 0.3) is 5.91 Å². The van der Waals surface area contributed by atoms with Crippen LogP contribution in [-0.4, -0.2) is 55.5 Å². The molecule has 0 N–H and O–H groups in total. The molecule has 0 aliphatic carbocycles. The second-order valence-corrected chi connectivity index (χ2v) is 10.2. The van der Waals surface area contributed by atoms with E-state index in [1.54, 1.807) is 41.5 Å². The Hall–Kier alpha value is -3.03. The van der Waals surface area contributed by atoms with E-state index in [0.717, 1.165) is 30.4 Å². The van der Waals surface area contributed by atoms with Gasteiger partial charge >= 0.3 is 0 Å². The van der Waals surface area contributed by atoms with Crippen LogP contribution in [0.3, 0.4) is 0 Å². The second kappa shape index (κ2) is 11.8. The Morgan fingerprint density at radius 3 is 2.58 bits per heavy atom. The number of benzene rings is 2. The number of carbonyl (C=O) groups is 2. The van der Waals surface area contributed by atoms with E-state index >= 15 is 0 Å². The predicted octanol–water partition coefficient (Wildman–Crippen LogP) is 5.84. The van der Waals surface area contributed by atoms with Gasteiger partial charge in [0.15, 0.2) is 0 Å². The molecule has 190 valence electrons. The van der Waals surface area contributed by atoms with Crippen LogP contribution in [-0.2, 0) is 11.2 Å². The van der Waals surface area contributed by atoms with Crippen LogP contribution >= 0.6 is 22.9 Å². The number of amides is 2. The van der Waals surface area contributed by atoms with Gasteiger partial charge in [0, 0.05) is 29.1 Å². The van der Waals surface area contributed by atoms with Gasteiger partial charge in [-0.1, -0.05) is 37.1 Å². The Kier molecular flexibility index (Phi) is 8.54. The van der Waals surface area contributed by atoms with E-state index in [0.29, 0.717) is 35.2 Å². The molecule has 36 heavy (non-hydrogen) atoms. The molecule has 0 saturated heterocycles. The number of carbonyl (C=O) groups excluding carboxylic acids is 2. The quantitative estimate of drug-likeness (QED) is 0.352. The summed E-state index contributed by atoms with van der Waals surface area (Å²) in [5.74, 6) is 0.717. The first kappa shape index (κ1) is 26.0. The van der Waals surface area contributed by atoms with Gasteiger partial charge in [0.05, 0.1) is 25.8 Å². The van der Waals surface area contributed by atoms with Crippen LogP contribution in [0.25, 0.3) is 0 Å². The average molecular weight is 527 g/mol. The number of fused-ring (bicyclic) bond motifs is 1. The number of hydrogen-bond donors (Lipinski definition) is 0. The van der Waals surface area contributed by atoms with Crippen molar-refractivity contribution in [2.75, 3.05) is 33.9 Å². The lowest BCUT2D eigenvalue weighted by molar-refractivity contribution is -0.134. The number of nitrogens with zero attached hydrogens (tertiary/aromatic N) is 2. The number of halogens is 1. The van der Waals surface area contributed by atoms with Gasteiger partial charge in [0.2, 0.25) is 5.91 Å². The fraction of sp³-hybridized carbons (Fsp3) is 0.357. The van der Waals surface area contributed by atoms with Gasteiger partial charge in [-0.15, -0.1) is 11.3 Å². The molecule has 1 atom stereocenters. The maximum absolute atomic E-state index is 13.8. The predicted molar refractivity (Wildman–Crippen MR) is 143 cm³/mol. The minimum absolute atomic E-state index is 0.00240. The fourth-order valence-corrected chi connectivity index (χ4v) is 5.62. The smallest absolute Gasteiger partial charge is 0.258 e. The molecular weight excluding hydrogens is 496 g/mol. The highest BCUT2D eigenvalue weighted by Gasteiger charge is 2.34. The van der Waals surface area contributed by atoms with Crippen molar-refractivity contribution in [3.8, 4) is 11.5 Å². The number of methoxy groups -OCH3 is 2. The summed E-state index contributed by atoms with van der Waals surface area (Å²) in [6, 6.07) is 14.7. The SMILES string of the molecule is CCCCN(CC(=O)N1CCc2sccc2C1c1ccc(Cl)cc1)C(=O)c1ccc(OC)cc1OC. The number of unbranched alkanes of at least 4 members (excludes halogenated alkanes) is 1. The molecule has 0 spiro atoms. The van der Waals surface area contributed by atoms with Crippen molar-refractivity contribution in [3.05, 3.63) is 80.5 Å². The lowest BCUT2D eigenvalue weighted by atomic mass is 9.93. The molecule has 6 nitrogen and oxygen atoms in total. The lowest BCUT2D eigenvalue weighted by Crippen LogP contribution is -2.47. The molecule has 1 unspecified atom stereocenters. The minimum Gasteiger partial charge on any atom is -0.497 e. The number of ether oxygens (including phenoxy) is 2. The molecule has 0 saturated carbocycles. The first-order valence-corrected chi connectivity index (χ1v) is 13.3. The molecule has 0 fully saturated rings. The summed E-state index contributed by atoms with van der Waals surface area (Å²) >= 11 is 7.86. The largest absolute Gasteiger partial charge is 0.497 e. The molecule has 8 heteroatoms. The van der Waals surface area contributed by atoms with Crippen molar-refractivity contribution in [1.82, 2.24) is 9.80 Å². The minimum atomic E-state index is -0.229. The van der Waals surface area contributed by atoms with E-state index in [2.05, 4.69) is 18.4 Å². The Labute approximate surface area is 221 Å². The molecule has 2 amide bonds. The third kappa shape index (κ3) is 5.52. The molecule has 0 bridgehead atoms. The average Bonchev–Trinajstić information content (AvgIpc) is 3.39. The molecule has 3 aromatic rings. The van der Waals surface area contributed by atoms with E-state index in [1.807, 2.05) is 29.2 Å². The summed E-state index contributed by atoms with van der Waals surface area (Å²) in [4.78, 5) is 32.2. The molecule has 2 aromatic carbocycles. The highest BCUT2D eigenvalue weighted by molar-refractivity contribution is 7.10. The topological polar surface area (TPSA) is 59.1 Å². The zero-order valence-electron chi connectivity index (χ0n) is 20.8. The van der Waals surface area contributed by atoms with E-state index in [9.17, 15) is 9.59 Å². The van der Waals surface area contributed by atoms with Crippen LogP contribution in [0.5, 0.6) is 11.5 Å². The van der Waals surface area contributed by atoms with Gasteiger partial charge in [0.1, 0.15) is 18.0 Å². The molecule has 1 aliphatic rings. The van der Waals surface area contributed by atoms with Crippen molar-refractivity contribution in [2.45, 2.75) is 32.2 Å². The summed E-state index contributed by atoms with van der Waals surface area (Å²) in [5, 5.41) is 2.73. The number of hydrogen-bond acceptors (Lipinski definition) is 5. The van der Waals surface area contributed by atoms with E-state index in [1.165, 1.54) is 12.0 Å². The van der Waals surface area contributed by atoms with Crippen LogP contribution in [0.15, 0.2) is 53.9 Å². The maximum Gasteiger partial charge on any atom is 0.258 e. The molecule has 0 radical (unpaired) electrons. The molecule has 2 heterocycles.